The zero-order valence-electron chi connectivity index (χ0n) is 14.5. The molecule has 0 fully saturated rings. The van der Waals surface area contributed by atoms with Crippen molar-refractivity contribution in [3.8, 4) is 11.5 Å². The van der Waals surface area contributed by atoms with Crippen LogP contribution in [0, 0.1) is 0 Å². The van der Waals surface area contributed by atoms with Crippen LogP contribution in [0.15, 0.2) is 58.1 Å². The lowest BCUT2D eigenvalue weighted by atomic mass is 10.1. The standard InChI is InChI=1S/C20H13N3O4S/c24-18-14(8-12-4-2-1-3-5-12)22-23-19(25)17(28-20(23)21-18)10-13-6-7-15-16(9-13)27-11-26-15/h1-7,9-10H,8,11H2/b17-10+. The highest BCUT2D eigenvalue weighted by atomic mass is 32.1. The Morgan fingerprint density at radius 2 is 1.89 bits per heavy atom. The number of benzene rings is 2. The van der Waals surface area contributed by atoms with Crippen LogP contribution in [0.1, 0.15) is 16.8 Å². The molecule has 0 bridgehead atoms. The molecule has 2 aromatic carbocycles. The van der Waals surface area contributed by atoms with Crippen molar-refractivity contribution >= 4 is 22.4 Å². The van der Waals surface area contributed by atoms with Crippen LogP contribution in [0.2, 0.25) is 0 Å². The van der Waals surface area contributed by atoms with Gasteiger partial charge in [0.2, 0.25) is 11.8 Å². The number of nitrogens with zero attached hydrogens (tertiary/aromatic N) is 3. The van der Waals surface area contributed by atoms with Crippen molar-refractivity contribution in [3.05, 3.63) is 90.6 Å². The highest BCUT2D eigenvalue weighted by molar-refractivity contribution is 7.15. The van der Waals surface area contributed by atoms with Crippen molar-refractivity contribution in [2.24, 2.45) is 0 Å². The molecule has 8 heteroatoms. The van der Waals surface area contributed by atoms with E-state index in [9.17, 15) is 9.59 Å². The number of hydrogen-bond acceptors (Lipinski definition) is 7. The van der Waals surface area contributed by atoms with E-state index in [1.165, 1.54) is 4.52 Å². The van der Waals surface area contributed by atoms with Gasteiger partial charge in [-0.2, -0.15) is 14.6 Å². The molecule has 1 aliphatic heterocycles. The van der Waals surface area contributed by atoms with Gasteiger partial charge in [0.1, 0.15) is 5.69 Å². The van der Waals surface area contributed by atoms with Gasteiger partial charge in [0.05, 0.1) is 4.53 Å². The summed E-state index contributed by atoms with van der Waals surface area (Å²) in [5.41, 5.74) is 1.25. The molecule has 3 heterocycles. The Bertz CT molecular complexity index is 1360. The molecule has 7 nitrogen and oxygen atoms in total. The second-order valence-electron chi connectivity index (χ2n) is 6.25. The Morgan fingerprint density at radius 1 is 1.07 bits per heavy atom. The summed E-state index contributed by atoms with van der Waals surface area (Å²) in [5, 5.41) is 4.26. The Morgan fingerprint density at radius 3 is 2.75 bits per heavy atom. The number of fused-ring (bicyclic) bond motifs is 2. The van der Waals surface area contributed by atoms with Crippen LogP contribution in [0.3, 0.4) is 0 Å². The molecule has 0 spiro atoms. The molecular weight excluding hydrogens is 378 g/mol. The van der Waals surface area contributed by atoms with Crippen LogP contribution in [0.25, 0.3) is 11.0 Å². The van der Waals surface area contributed by atoms with Gasteiger partial charge in [-0.1, -0.05) is 47.7 Å². The maximum absolute atomic E-state index is 12.8. The molecule has 0 N–H and O–H groups in total. The topological polar surface area (TPSA) is 82.8 Å². The number of hydrogen-bond donors (Lipinski definition) is 0. The molecule has 5 rings (SSSR count). The molecule has 4 aromatic rings. The van der Waals surface area contributed by atoms with Crippen molar-refractivity contribution in [3.63, 3.8) is 0 Å². The maximum atomic E-state index is 12.8. The SMILES string of the molecule is O=c1nc2s/c(=C/c3ccc4c(c3)OCO4)c(=O)n2nc1Cc1ccccc1. The fourth-order valence-corrected chi connectivity index (χ4v) is 3.90. The molecule has 1 aliphatic rings. The summed E-state index contributed by atoms with van der Waals surface area (Å²) in [5.74, 6) is 1.31. The minimum atomic E-state index is -0.417. The van der Waals surface area contributed by atoms with Gasteiger partial charge in [0.25, 0.3) is 11.1 Å². The van der Waals surface area contributed by atoms with E-state index >= 15 is 0 Å². The average Bonchev–Trinajstić information content (AvgIpc) is 3.28. The maximum Gasteiger partial charge on any atom is 0.296 e. The van der Waals surface area contributed by atoms with Crippen LogP contribution >= 0.6 is 11.3 Å². The molecule has 0 saturated carbocycles. The van der Waals surface area contributed by atoms with Crippen molar-refractivity contribution in [1.29, 1.82) is 0 Å². The number of aromatic nitrogens is 3. The summed E-state index contributed by atoms with van der Waals surface area (Å²) in [6.45, 7) is 0.189. The summed E-state index contributed by atoms with van der Waals surface area (Å²) in [6, 6.07) is 14.9. The van der Waals surface area contributed by atoms with E-state index in [-0.39, 0.29) is 23.0 Å². The Labute approximate surface area is 162 Å². The van der Waals surface area contributed by atoms with E-state index in [2.05, 4.69) is 10.1 Å². The quantitative estimate of drug-likeness (QED) is 0.525. The number of rotatable bonds is 3. The molecule has 138 valence electrons. The van der Waals surface area contributed by atoms with Gasteiger partial charge in [-0.15, -0.1) is 0 Å². The first kappa shape index (κ1) is 16.6. The van der Waals surface area contributed by atoms with Crippen LogP contribution in [0.5, 0.6) is 11.5 Å². The normalized spacial score (nSPS) is 13.4. The third-order valence-electron chi connectivity index (χ3n) is 4.36. The zero-order chi connectivity index (χ0) is 19.1. The predicted octanol–water partition coefficient (Wildman–Crippen LogP) is 1.38. The third kappa shape index (κ3) is 2.93. The Kier molecular flexibility index (Phi) is 3.91. The lowest BCUT2D eigenvalue weighted by molar-refractivity contribution is 0.174. The minimum Gasteiger partial charge on any atom is -0.454 e. The van der Waals surface area contributed by atoms with Gasteiger partial charge >= 0.3 is 0 Å². The molecule has 28 heavy (non-hydrogen) atoms. The third-order valence-corrected chi connectivity index (χ3v) is 5.32. The predicted molar refractivity (Wildman–Crippen MR) is 104 cm³/mol. The summed E-state index contributed by atoms with van der Waals surface area (Å²) >= 11 is 1.13. The summed E-state index contributed by atoms with van der Waals surface area (Å²) < 4.78 is 12.3. The zero-order valence-corrected chi connectivity index (χ0v) is 15.3. The minimum absolute atomic E-state index is 0.189. The first-order chi connectivity index (χ1) is 13.7. The van der Waals surface area contributed by atoms with Crippen LogP contribution < -0.4 is 25.1 Å². The van der Waals surface area contributed by atoms with E-state index < -0.39 is 5.56 Å². The van der Waals surface area contributed by atoms with Crippen molar-refractivity contribution in [2.45, 2.75) is 6.42 Å². The molecule has 0 saturated heterocycles. The van der Waals surface area contributed by atoms with E-state index in [0.29, 0.717) is 22.5 Å². The first-order valence-electron chi connectivity index (χ1n) is 8.55. The fraction of sp³-hybridized carbons (Fsp3) is 0.100. The molecular formula is C20H13N3O4S. The van der Waals surface area contributed by atoms with Gasteiger partial charge in [0, 0.05) is 6.42 Å². The number of ether oxygens (including phenoxy) is 2. The van der Waals surface area contributed by atoms with Gasteiger partial charge < -0.3 is 9.47 Å². The molecule has 2 aromatic heterocycles. The van der Waals surface area contributed by atoms with Crippen LogP contribution in [0.4, 0.5) is 0 Å². The molecule has 0 aliphatic carbocycles. The monoisotopic (exact) mass is 391 g/mol. The molecule has 0 unspecified atom stereocenters. The summed E-state index contributed by atoms with van der Waals surface area (Å²) in [4.78, 5) is 29.4. The van der Waals surface area contributed by atoms with E-state index in [1.54, 1.807) is 18.2 Å². The van der Waals surface area contributed by atoms with Gasteiger partial charge in [-0.05, 0) is 29.3 Å². The summed E-state index contributed by atoms with van der Waals surface area (Å²) in [7, 11) is 0. The Balaban J connectivity index is 1.59. The lowest BCUT2D eigenvalue weighted by Gasteiger charge is -1.99. The van der Waals surface area contributed by atoms with E-state index in [0.717, 1.165) is 22.5 Å². The van der Waals surface area contributed by atoms with Gasteiger partial charge in [0.15, 0.2) is 11.5 Å². The first-order valence-corrected chi connectivity index (χ1v) is 9.37. The molecule has 0 radical (unpaired) electrons. The Hall–Kier alpha value is -3.52. The van der Waals surface area contributed by atoms with Crippen molar-refractivity contribution in [1.82, 2.24) is 14.6 Å². The fourth-order valence-electron chi connectivity index (χ4n) is 3.00. The highest BCUT2D eigenvalue weighted by Crippen LogP contribution is 2.32. The second kappa shape index (κ2) is 6.58. The van der Waals surface area contributed by atoms with Crippen molar-refractivity contribution < 1.29 is 9.47 Å². The van der Waals surface area contributed by atoms with Crippen LogP contribution in [-0.4, -0.2) is 21.4 Å². The van der Waals surface area contributed by atoms with E-state index in [4.69, 9.17) is 9.47 Å². The van der Waals surface area contributed by atoms with Gasteiger partial charge in [-0.25, -0.2) is 0 Å². The lowest BCUT2D eigenvalue weighted by Crippen LogP contribution is -2.28. The number of thiazole rings is 1. The van der Waals surface area contributed by atoms with Gasteiger partial charge in [-0.3, -0.25) is 9.59 Å². The average molecular weight is 391 g/mol. The summed E-state index contributed by atoms with van der Waals surface area (Å²) in [6.07, 6.45) is 2.05. The second-order valence-corrected chi connectivity index (χ2v) is 7.26. The van der Waals surface area contributed by atoms with E-state index in [1.807, 2.05) is 36.4 Å². The largest absolute Gasteiger partial charge is 0.454 e. The molecule has 0 amide bonds. The highest BCUT2D eigenvalue weighted by Gasteiger charge is 2.14. The smallest absolute Gasteiger partial charge is 0.296 e. The van der Waals surface area contributed by atoms with Crippen molar-refractivity contribution in [2.75, 3.05) is 6.79 Å². The molecule has 0 atom stereocenters. The van der Waals surface area contributed by atoms with Crippen LogP contribution in [-0.2, 0) is 6.42 Å².